The van der Waals surface area contributed by atoms with Gasteiger partial charge in [-0.05, 0) is 72.8 Å². The van der Waals surface area contributed by atoms with Crippen molar-refractivity contribution in [3.8, 4) is 0 Å². The van der Waals surface area contributed by atoms with Gasteiger partial charge in [0.2, 0.25) is 0 Å². The molecule has 0 radical (unpaired) electrons. The summed E-state index contributed by atoms with van der Waals surface area (Å²) in [5, 5.41) is 2.44. The Balaban J connectivity index is 0.000000194. The number of H-pyrrole nitrogens is 2. The second kappa shape index (κ2) is 10.0. The van der Waals surface area contributed by atoms with E-state index in [0.717, 1.165) is 44.8 Å². The van der Waals surface area contributed by atoms with Gasteiger partial charge in [0, 0.05) is 41.5 Å². The first-order valence-electron chi connectivity index (χ1n) is 11.2. The molecule has 0 saturated carbocycles. The fraction of sp³-hybridized carbons (Fsp3) is 0. The maximum atomic E-state index is 4.62. The van der Waals surface area contributed by atoms with Gasteiger partial charge < -0.3 is 9.97 Å². The van der Waals surface area contributed by atoms with Crippen molar-refractivity contribution >= 4 is 57.1 Å². The number of hydrogen-bond acceptors (Lipinski definition) is 2. The molecule has 0 aliphatic carbocycles. The molecule has 0 fully saturated rings. The molecule has 0 atom stereocenters. The maximum absolute atomic E-state index is 4.62. The Kier molecular flexibility index (Phi) is 6.51. The van der Waals surface area contributed by atoms with E-state index in [0.29, 0.717) is 0 Å². The number of fused-ring (bicyclic) bond motifs is 9. The Morgan fingerprint density at radius 3 is 1.57 bits per heavy atom. The SMILES string of the molecule is C1=Cc2cc3ccc(cc4ccc(cc5nc(cc1n2)C=C5)[nH]4)[nH]3.[Zn].[c-]1cccc2ccccc12. The summed E-state index contributed by atoms with van der Waals surface area (Å²) in [6.45, 7) is 0. The van der Waals surface area contributed by atoms with Crippen LogP contribution in [0.2, 0.25) is 0 Å². The summed E-state index contributed by atoms with van der Waals surface area (Å²) in [4.78, 5) is 16.0. The molecule has 2 aliphatic heterocycles. The van der Waals surface area contributed by atoms with Crippen LogP contribution in [0.3, 0.4) is 0 Å². The molecule has 0 spiro atoms. The molecule has 2 aliphatic rings. The predicted octanol–water partition coefficient (Wildman–Crippen LogP) is 7.29. The van der Waals surface area contributed by atoms with E-state index in [2.05, 4.69) is 74.5 Å². The zero-order valence-corrected chi connectivity index (χ0v) is 22.0. The van der Waals surface area contributed by atoms with Crippen molar-refractivity contribution in [1.82, 2.24) is 19.9 Å². The summed E-state index contributed by atoms with van der Waals surface area (Å²) in [7, 11) is 0. The van der Waals surface area contributed by atoms with Crippen molar-refractivity contribution in [2.75, 3.05) is 0 Å². The molecular weight excluding hydrogens is 482 g/mol. The maximum Gasteiger partial charge on any atom is 0.0659 e. The summed E-state index contributed by atoms with van der Waals surface area (Å²) < 4.78 is 0. The fourth-order valence-electron chi connectivity index (χ4n) is 4.01. The van der Waals surface area contributed by atoms with Crippen LogP contribution in [0, 0.1) is 6.07 Å². The second-order valence-electron chi connectivity index (χ2n) is 8.16. The molecule has 0 amide bonds. The van der Waals surface area contributed by atoms with E-state index >= 15 is 0 Å². The number of benzene rings is 2. The van der Waals surface area contributed by atoms with Gasteiger partial charge in [-0.25, -0.2) is 9.97 Å². The third-order valence-corrected chi connectivity index (χ3v) is 5.61. The van der Waals surface area contributed by atoms with E-state index in [4.69, 9.17) is 0 Å². The van der Waals surface area contributed by atoms with Gasteiger partial charge >= 0.3 is 0 Å². The molecule has 164 valence electrons. The van der Waals surface area contributed by atoms with Crippen molar-refractivity contribution in [3.63, 3.8) is 0 Å². The summed E-state index contributed by atoms with van der Waals surface area (Å²) in [5.41, 5.74) is 7.86. The number of aromatic amines is 2. The first kappa shape index (κ1) is 22.7. The quantitative estimate of drug-likeness (QED) is 0.169. The van der Waals surface area contributed by atoms with Gasteiger partial charge in [-0.2, -0.15) is 0 Å². The monoisotopic (exact) mass is 501 g/mol. The van der Waals surface area contributed by atoms with E-state index < -0.39 is 0 Å². The second-order valence-corrected chi connectivity index (χ2v) is 8.16. The molecule has 3 aromatic heterocycles. The normalized spacial score (nSPS) is 11.5. The Morgan fingerprint density at radius 1 is 0.514 bits per heavy atom. The van der Waals surface area contributed by atoms with Gasteiger partial charge in [0.25, 0.3) is 0 Å². The van der Waals surface area contributed by atoms with Crippen molar-refractivity contribution in [1.29, 1.82) is 0 Å². The summed E-state index contributed by atoms with van der Waals surface area (Å²) in [6.07, 6.45) is 8.05. The number of aromatic nitrogens is 4. The number of rotatable bonds is 0. The van der Waals surface area contributed by atoms with Crippen LogP contribution in [-0.4, -0.2) is 19.9 Å². The van der Waals surface area contributed by atoms with Crippen molar-refractivity contribution in [3.05, 3.63) is 120 Å². The van der Waals surface area contributed by atoms with Gasteiger partial charge in [0.15, 0.2) is 0 Å². The van der Waals surface area contributed by atoms with Crippen LogP contribution in [0.4, 0.5) is 0 Å². The van der Waals surface area contributed by atoms with Crippen LogP contribution >= 0.6 is 0 Å². The molecule has 4 nitrogen and oxygen atoms in total. The van der Waals surface area contributed by atoms with Crippen LogP contribution in [-0.2, 0) is 19.5 Å². The van der Waals surface area contributed by atoms with E-state index in [1.807, 2.05) is 66.8 Å². The largest absolute Gasteiger partial charge is 0.355 e. The van der Waals surface area contributed by atoms with Crippen LogP contribution in [0.25, 0.3) is 57.1 Å². The molecule has 5 heterocycles. The third-order valence-electron chi connectivity index (χ3n) is 5.61. The molecule has 5 aromatic rings. The molecule has 2 aromatic carbocycles. The van der Waals surface area contributed by atoms with E-state index in [-0.39, 0.29) is 19.5 Å². The average Bonchev–Trinajstić information content (AvgIpc) is 3.66. The average molecular weight is 503 g/mol. The summed E-state index contributed by atoms with van der Waals surface area (Å²) in [5.74, 6) is 0. The zero-order chi connectivity index (χ0) is 22.7. The topological polar surface area (TPSA) is 57.4 Å². The molecular formula is C30H21N4Zn-. The van der Waals surface area contributed by atoms with Crippen molar-refractivity contribution < 1.29 is 19.5 Å². The molecule has 8 bridgehead atoms. The molecule has 35 heavy (non-hydrogen) atoms. The minimum Gasteiger partial charge on any atom is -0.355 e. The summed E-state index contributed by atoms with van der Waals surface area (Å²) >= 11 is 0. The molecule has 0 unspecified atom stereocenters. The van der Waals surface area contributed by atoms with Gasteiger partial charge in [0.1, 0.15) is 0 Å². The zero-order valence-electron chi connectivity index (χ0n) is 19.1. The van der Waals surface area contributed by atoms with E-state index in [1.54, 1.807) is 0 Å². The molecule has 5 heteroatoms. The van der Waals surface area contributed by atoms with Gasteiger partial charge in [-0.3, -0.25) is 0 Å². The first-order chi connectivity index (χ1) is 16.8. The number of hydrogen-bond donors (Lipinski definition) is 2. The van der Waals surface area contributed by atoms with Gasteiger partial charge in [0.05, 0.1) is 22.8 Å². The predicted molar refractivity (Wildman–Crippen MR) is 142 cm³/mol. The van der Waals surface area contributed by atoms with Crippen LogP contribution in [0.1, 0.15) is 22.8 Å². The molecule has 7 rings (SSSR count). The summed E-state index contributed by atoms with van der Waals surface area (Å²) in [6, 6.07) is 33.8. The Morgan fingerprint density at radius 2 is 1.00 bits per heavy atom. The Labute approximate surface area is 215 Å². The van der Waals surface area contributed by atoms with E-state index in [9.17, 15) is 0 Å². The molecule has 0 saturated heterocycles. The Hall–Kier alpha value is -4.08. The van der Waals surface area contributed by atoms with E-state index in [1.165, 1.54) is 10.8 Å². The van der Waals surface area contributed by atoms with Crippen LogP contribution in [0.15, 0.2) is 91.0 Å². The Bertz CT molecular complexity index is 1570. The first-order valence-corrected chi connectivity index (χ1v) is 11.2. The number of nitrogens with one attached hydrogen (secondary N) is 2. The number of nitrogens with zero attached hydrogens (tertiary/aromatic N) is 2. The minimum atomic E-state index is 0. The van der Waals surface area contributed by atoms with Gasteiger partial charge in [-0.1, -0.05) is 12.1 Å². The van der Waals surface area contributed by atoms with Crippen molar-refractivity contribution in [2.24, 2.45) is 0 Å². The van der Waals surface area contributed by atoms with Crippen LogP contribution < -0.4 is 0 Å². The minimum absolute atomic E-state index is 0. The van der Waals surface area contributed by atoms with Gasteiger partial charge in [-0.15, -0.1) is 47.2 Å². The van der Waals surface area contributed by atoms with Crippen LogP contribution in [0.5, 0.6) is 0 Å². The fourth-order valence-corrected chi connectivity index (χ4v) is 4.01. The standard InChI is InChI=1S/C20H14N4.C10H7.Zn/c1-2-14-10-16-5-6-18(23-16)12-20-8-7-19(24-20)11-17-4-3-15(22-17)9-13(1)21-14;1-2-6-10-8-4-3-7-9(10)5-1;/h1-12,21-22H;1-7H;/q;-1;. The van der Waals surface area contributed by atoms with Crippen molar-refractivity contribution in [2.45, 2.75) is 0 Å². The molecule has 2 N–H and O–H groups in total. The smallest absolute Gasteiger partial charge is 0.0659 e. The third kappa shape index (κ3) is 5.37.